The van der Waals surface area contributed by atoms with Crippen LogP contribution in [0.1, 0.15) is 61.0 Å². The minimum absolute atomic E-state index is 0.143. The molecule has 7 nitrogen and oxygen atoms in total. The predicted octanol–water partition coefficient (Wildman–Crippen LogP) is 6.60. The summed E-state index contributed by atoms with van der Waals surface area (Å²) in [4.78, 5) is 4.08. The van der Waals surface area contributed by atoms with E-state index in [1.165, 1.54) is 0 Å². The van der Waals surface area contributed by atoms with Crippen molar-refractivity contribution in [1.29, 1.82) is 0 Å². The third-order valence-corrected chi connectivity index (χ3v) is 11.0. The van der Waals surface area contributed by atoms with Crippen molar-refractivity contribution in [1.82, 2.24) is 4.98 Å². The summed E-state index contributed by atoms with van der Waals surface area (Å²) < 4.78 is 49.2. The average Bonchev–Trinajstić information content (AvgIpc) is 2.52. The molecular formula is C19H34ClNO6P2. The van der Waals surface area contributed by atoms with Crippen LogP contribution in [0, 0.1) is 0 Å². The van der Waals surface area contributed by atoms with Gasteiger partial charge in [-0.25, -0.2) is 0 Å². The summed E-state index contributed by atoms with van der Waals surface area (Å²) in [5.41, 5.74) is 0.599. The van der Waals surface area contributed by atoms with E-state index in [4.69, 9.17) is 29.7 Å². The zero-order valence-corrected chi connectivity index (χ0v) is 21.0. The van der Waals surface area contributed by atoms with Gasteiger partial charge in [-0.05, 0) is 67.0 Å². The van der Waals surface area contributed by atoms with Crippen LogP contribution in [-0.4, -0.2) is 33.8 Å². The minimum atomic E-state index is -4.23. The number of alkyl halides is 1. The van der Waals surface area contributed by atoms with E-state index in [-0.39, 0.29) is 6.42 Å². The maximum Gasteiger partial charge on any atom is 0.364 e. The smallest absolute Gasteiger partial charge is 0.304 e. The second kappa shape index (κ2) is 10.9. The van der Waals surface area contributed by atoms with E-state index in [0.29, 0.717) is 5.56 Å². The van der Waals surface area contributed by atoms with Gasteiger partial charge in [0, 0.05) is 18.8 Å². The predicted molar refractivity (Wildman–Crippen MR) is 117 cm³/mol. The fourth-order valence-corrected chi connectivity index (χ4v) is 8.71. The Kier molecular flexibility index (Phi) is 10.0. The number of hydrogen-bond acceptors (Lipinski definition) is 7. The molecule has 0 saturated carbocycles. The van der Waals surface area contributed by atoms with Gasteiger partial charge in [-0.15, -0.1) is 0 Å². The maximum atomic E-state index is 14.1. The van der Waals surface area contributed by atoms with Crippen molar-refractivity contribution in [3.05, 3.63) is 30.1 Å². The third-order valence-electron chi connectivity index (χ3n) is 3.39. The molecule has 1 heterocycles. The van der Waals surface area contributed by atoms with Gasteiger partial charge in [0.1, 0.15) is 0 Å². The molecule has 0 N–H and O–H groups in total. The first-order valence-corrected chi connectivity index (χ1v) is 13.2. The molecule has 10 heteroatoms. The van der Waals surface area contributed by atoms with E-state index in [2.05, 4.69) is 4.98 Å². The summed E-state index contributed by atoms with van der Waals surface area (Å²) in [7, 11) is -8.46. The van der Waals surface area contributed by atoms with Crippen LogP contribution < -0.4 is 0 Å². The van der Waals surface area contributed by atoms with Gasteiger partial charge in [0.15, 0.2) is 0 Å². The van der Waals surface area contributed by atoms with E-state index in [0.717, 1.165) is 0 Å². The quantitative estimate of drug-likeness (QED) is 0.252. The number of nitrogens with zero attached hydrogens (tertiary/aromatic N) is 1. The molecule has 0 aromatic carbocycles. The molecule has 0 aliphatic rings. The largest absolute Gasteiger partial charge is 0.364 e. The SMILES string of the molecule is CC(C)OP(=O)(OC(C)C)C(Cl)(Cc1cccnc1)P(=O)(OC(C)C)OC(C)C. The van der Waals surface area contributed by atoms with E-state index >= 15 is 0 Å². The minimum Gasteiger partial charge on any atom is -0.304 e. The monoisotopic (exact) mass is 469 g/mol. The maximum absolute atomic E-state index is 14.1. The van der Waals surface area contributed by atoms with Crippen molar-refractivity contribution in [3.63, 3.8) is 0 Å². The van der Waals surface area contributed by atoms with E-state index in [1.807, 2.05) is 0 Å². The van der Waals surface area contributed by atoms with Gasteiger partial charge < -0.3 is 18.1 Å². The van der Waals surface area contributed by atoms with Gasteiger partial charge in [-0.2, -0.15) is 0 Å². The van der Waals surface area contributed by atoms with Gasteiger partial charge in [-0.1, -0.05) is 17.7 Å². The van der Waals surface area contributed by atoms with Crippen molar-refractivity contribution in [2.75, 3.05) is 0 Å². The van der Waals surface area contributed by atoms with Crippen LogP contribution in [0.2, 0.25) is 0 Å². The molecule has 0 amide bonds. The zero-order chi connectivity index (χ0) is 22.5. The third kappa shape index (κ3) is 7.14. The molecule has 0 aliphatic carbocycles. The molecule has 0 bridgehead atoms. The topological polar surface area (TPSA) is 84.0 Å². The van der Waals surface area contributed by atoms with Crippen LogP contribution in [-0.2, 0) is 33.6 Å². The first kappa shape index (κ1) is 26.8. The molecule has 1 rings (SSSR count). The molecule has 1 aromatic heterocycles. The van der Waals surface area contributed by atoms with E-state index in [9.17, 15) is 9.13 Å². The molecule has 0 radical (unpaired) electrons. The molecule has 0 fully saturated rings. The highest BCUT2D eigenvalue weighted by Crippen LogP contribution is 2.81. The summed E-state index contributed by atoms with van der Waals surface area (Å²) in [6.07, 6.45) is 1.01. The van der Waals surface area contributed by atoms with Crippen LogP contribution in [0.4, 0.5) is 0 Å². The lowest BCUT2D eigenvalue weighted by atomic mass is 10.2. The molecule has 168 valence electrons. The van der Waals surface area contributed by atoms with Gasteiger partial charge >= 0.3 is 15.2 Å². The summed E-state index contributed by atoms with van der Waals surface area (Å²) in [5, 5.41) is 0. The Hall–Kier alpha value is -0.260. The zero-order valence-electron chi connectivity index (χ0n) is 18.5. The van der Waals surface area contributed by atoms with Crippen LogP contribution in [0.5, 0.6) is 0 Å². The average molecular weight is 470 g/mol. The molecule has 0 atom stereocenters. The van der Waals surface area contributed by atoms with Crippen molar-refractivity contribution in [2.24, 2.45) is 0 Å². The van der Waals surface area contributed by atoms with Gasteiger partial charge in [0.25, 0.3) is 0 Å². The Balaban J connectivity index is 3.72. The molecular weight excluding hydrogens is 436 g/mol. The number of aromatic nitrogens is 1. The summed E-state index contributed by atoms with van der Waals surface area (Å²) in [5.74, 6) is 0. The molecule has 29 heavy (non-hydrogen) atoms. The molecule has 0 spiro atoms. The van der Waals surface area contributed by atoms with Crippen molar-refractivity contribution < 1.29 is 27.2 Å². The molecule has 0 unspecified atom stereocenters. The van der Waals surface area contributed by atoms with Crippen LogP contribution in [0.3, 0.4) is 0 Å². The highest BCUT2D eigenvalue weighted by Gasteiger charge is 2.66. The van der Waals surface area contributed by atoms with E-state index in [1.54, 1.807) is 79.9 Å². The van der Waals surface area contributed by atoms with Gasteiger partial charge in [-0.3, -0.25) is 14.1 Å². The number of hydrogen-bond donors (Lipinski definition) is 0. The van der Waals surface area contributed by atoms with Crippen LogP contribution >= 0.6 is 26.8 Å². The van der Waals surface area contributed by atoms with Crippen LogP contribution in [0.25, 0.3) is 0 Å². The Bertz CT molecular complexity index is 661. The van der Waals surface area contributed by atoms with Crippen molar-refractivity contribution in [2.45, 2.75) is 90.6 Å². The van der Waals surface area contributed by atoms with Crippen molar-refractivity contribution in [3.8, 4) is 0 Å². The highest BCUT2D eigenvalue weighted by molar-refractivity contribution is 7.77. The Morgan fingerprint density at radius 3 is 1.52 bits per heavy atom. The number of rotatable bonds is 12. The first-order valence-electron chi connectivity index (χ1n) is 9.76. The lowest BCUT2D eigenvalue weighted by Gasteiger charge is -2.40. The summed E-state index contributed by atoms with van der Waals surface area (Å²) in [6, 6.07) is 3.45. The summed E-state index contributed by atoms with van der Waals surface area (Å²) >= 11 is 7.01. The Morgan fingerprint density at radius 1 is 0.862 bits per heavy atom. The molecule has 0 aliphatic heterocycles. The normalized spacial score (nSPS) is 13.8. The Labute approximate surface area is 179 Å². The molecule has 0 saturated heterocycles. The van der Waals surface area contributed by atoms with Gasteiger partial charge in [0.05, 0.1) is 24.4 Å². The highest BCUT2D eigenvalue weighted by atomic mass is 35.5. The second-order valence-corrected chi connectivity index (χ2v) is 13.8. The summed E-state index contributed by atoms with van der Waals surface area (Å²) in [6.45, 7) is 13.6. The van der Waals surface area contributed by atoms with Gasteiger partial charge in [0.2, 0.25) is 4.36 Å². The standard InChI is InChI=1S/C19H34ClNO6P2/c1-14(2)24-28(22,25-15(3)4)19(20,12-18-10-9-11-21-13-18)29(23,26-16(5)6)27-17(7)8/h9-11,13-17H,12H2,1-8H3. The number of pyridine rings is 1. The fraction of sp³-hybridized carbons (Fsp3) is 0.737. The Morgan fingerprint density at radius 2 is 1.24 bits per heavy atom. The van der Waals surface area contributed by atoms with Crippen LogP contribution in [0.15, 0.2) is 24.5 Å². The van der Waals surface area contributed by atoms with Crippen molar-refractivity contribution >= 4 is 26.8 Å². The van der Waals surface area contributed by atoms with E-state index < -0.39 is 44.0 Å². The lowest BCUT2D eigenvalue weighted by molar-refractivity contribution is 0.118. The fourth-order valence-electron chi connectivity index (χ4n) is 2.59. The number of halogens is 1. The molecule has 1 aromatic rings. The first-order chi connectivity index (χ1) is 13.2. The lowest BCUT2D eigenvalue weighted by Crippen LogP contribution is -2.33. The second-order valence-electron chi connectivity index (χ2n) is 7.87.